The fourth-order valence-corrected chi connectivity index (χ4v) is 8.79. The molecule has 5 nitrogen and oxygen atoms in total. The highest BCUT2D eigenvalue weighted by Crippen LogP contribution is 2.39. The Hall–Kier alpha value is -7.50. The van der Waals surface area contributed by atoms with Crippen molar-refractivity contribution in [2.45, 2.75) is 12.8 Å². The van der Waals surface area contributed by atoms with E-state index in [9.17, 15) is 0 Å². The maximum absolute atomic E-state index is 6.24. The van der Waals surface area contributed by atoms with Crippen LogP contribution in [0.15, 0.2) is 179 Å². The van der Waals surface area contributed by atoms with Crippen LogP contribution >= 0.6 is 0 Å². The molecule has 11 aromatic rings. The third kappa shape index (κ3) is 5.16. The van der Waals surface area contributed by atoms with Crippen molar-refractivity contribution < 1.29 is 8.83 Å². The Bertz CT molecular complexity index is 3380. The number of nitrogens with zero attached hydrogens (tertiary/aromatic N) is 3. The predicted molar refractivity (Wildman–Crippen MR) is 233 cm³/mol. The molecule has 5 aromatic heterocycles. The van der Waals surface area contributed by atoms with Crippen molar-refractivity contribution in [1.29, 1.82) is 0 Å². The van der Waals surface area contributed by atoms with E-state index in [1.807, 2.05) is 36.7 Å². The van der Waals surface area contributed by atoms with Crippen LogP contribution in [-0.4, -0.2) is 14.5 Å². The monoisotopic (exact) mass is 731 g/mol. The van der Waals surface area contributed by atoms with Gasteiger partial charge in [-0.2, -0.15) is 0 Å². The first-order chi connectivity index (χ1) is 28.2. The Morgan fingerprint density at radius 1 is 0.439 bits per heavy atom. The molecule has 0 amide bonds. The molecule has 0 spiro atoms. The number of hydrogen-bond donors (Lipinski definition) is 0. The molecule has 0 atom stereocenters. The summed E-state index contributed by atoms with van der Waals surface area (Å²) in [7, 11) is 0. The fourth-order valence-electron chi connectivity index (χ4n) is 8.79. The third-order valence-electron chi connectivity index (χ3n) is 11.5. The molecule has 0 saturated carbocycles. The van der Waals surface area contributed by atoms with Crippen molar-refractivity contribution in [2.75, 3.05) is 0 Å². The SMILES string of the molecule is C1=Cc2c(oc3ccc(-c4cccc(-c5cc(-c6cccc(-c7ccc8oc9ccccc9c8c7)c6)cc(-n6c7cccnc7c7ncccc76)c5)c4)cc23)CC1. The second-order valence-electron chi connectivity index (χ2n) is 14.9. The molecule has 5 heteroatoms. The molecular formula is C52H33N3O2. The Morgan fingerprint density at radius 2 is 1.00 bits per heavy atom. The standard InChI is InChI=1S/C52H33N3O2/c1-3-17-47-41(13-1)43-30-36(19-21-49(43)56-47)32-9-5-11-34(25-32)38-27-39(29-40(28-38)55-45-15-7-23-53-51(45)52-46(55)16-8-24-54-52)35-12-6-10-33(26-35)37-20-22-50-44(31-37)42-14-2-4-18-48(42)57-50/h1-3,5-17,19-31H,4,18H2. The van der Waals surface area contributed by atoms with Crippen LogP contribution < -0.4 is 0 Å². The molecule has 6 aromatic carbocycles. The summed E-state index contributed by atoms with van der Waals surface area (Å²) in [6, 6.07) is 54.2. The minimum Gasteiger partial charge on any atom is -0.460 e. The molecule has 0 saturated heterocycles. The van der Waals surface area contributed by atoms with E-state index in [1.165, 1.54) is 10.9 Å². The van der Waals surface area contributed by atoms with Crippen molar-refractivity contribution >= 4 is 61.1 Å². The van der Waals surface area contributed by atoms with Crippen molar-refractivity contribution in [3.63, 3.8) is 0 Å². The van der Waals surface area contributed by atoms with E-state index in [-0.39, 0.29) is 0 Å². The third-order valence-corrected chi connectivity index (χ3v) is 11.5. The molecule has 268 valence electrons. The quantitative estimate of drug-likeness (QED) is 0.177. The smallest absolute Gasteiger partial charge is 0.135 e. The number of furan rings is 2. The van der Waals surface area contributed by atoms with Gasteiger partial charge < -0.3 is 13.4 Å². The number of pyridine rings is 2. The zero-order chi connectivity index (χ0) is 37.5. The minimum atomic E-state index is 0.887. The number of aryl methyl sites for hydroxylation is 1. The number of benzene rings is 6. The average molecular weight is 732 g/mol. The van der Waals surface area contributed by atoms with Gasteiger partial charge in [0.15, 0.2) is 0 Å². The van der Waals surface area contributed by atoms with E-state index < -0.39 is 0 Å². The van der Waals surface area contributed by atoms with Gasteiger partial charge in [0.05, 0.1) is 11.0 Å². The summed E-state index contributed by atoms with van der Waals surface area (Å²) in [5, 5.41) is 3.41. The molecule has 0 fully saturated rings. The molecule has 1 aliphatic rings. The van der Waals surface area contributed by atoms with Crippen molar-refractivity contribution in [2.24, 2.45) is 0 Å². The number of allylic oxidation sites excluding steroid dienone is 1. The van der Waals surface area contributed by atoms with E-state index >= 15 is 0 Å². The number of rotatable bonds is 5. The van der Waals surface area contributed by atoms with Gasteiger partial charge in [-0.1, -0.05) is 78.9 Å². The van der Waals surface area contributed by atoms with Gasteiger partial charge in [-0.25, -0.2) is 0 Å². The number of aromatic nitrogens is 3. The molecular weight excluding hydrogens is 699 g/mol. The highest BCUT2D eigenvalue weighted by Gasteiger charge is 2.18. The first kappa shape index (κ1) is 31.8. The van der Waals surface area contributed by atoms with Crippen molar-refractivity contribution in [3.05, 3.63) is 181 Å². The molecule has 0 bridgehead atoms. The van der Waals surface area contributed by atoms with Crippen LogP contribution in [0.25, 0.3) is 111 Å². The Morgan fingerprint density at radius 3 is 1.68 bits per heavy atom. The minimum absolute atomic E-state index is 0.887. The second-order valence-corrected chi connectivity index (χ2v) is 14.9. The van der Waals surface area contributed by atoms with Crippen LogP contribution in [0.4, 0.5) is 0 Å². The van der Waals surface area contributed by atoms with Gasteiger partial charge in [0.2, 0.25) is 0 Å². The topological polar surface area (TPSA) is 57.0 Å². The van der Waals surface area contributed by atoms with Gasteiger partial charge in [-0.15, -0.1) is 0 Å². The number of para-hydroxylation sites is 1. The summed E-state index contributed by atoms with van der Waals surface area (Å²) in [5.74, 6) is 1.08. The fraction of sp³-hybridized carbons (Fsp3) is 0.0385. The summed E-state index contributed by atoms with van der Waals surface area (Å²) in [6.07, 6.45) is 10.1. The normalized spacial score (nSPS) is 12.7. The van der Waals surface area contributed by atoms with Crippen LogP contribution in [0, 0.1) is 0 Å². The number of fused-ring (bicyclic) bond motifs is 9. The summed E-state index contributed by atoms with van der Waals surface area (Å²) in [5.41, 5.74) is 17.9. The van der Waals surface area contributed by atoms with E-state index in [2.05, 4.69) is 144 Å². The summed E-state index contributed by atoms with van der Waals surface area (Å²) in [6.45, 7) is 0. The molecule has 12 rings (SSSR count). The van der Waals surface area contributed by atoms with Crippen LogP contribution in [-0.2, 0) is 6.42 Å². The largest absolute Gasteiger partial charge is 0.460 e. The summed E-state index contributed by atoms with van der Waals surface area (Å²) in [4.78, 5) is 9.57. The summed E-state index contributed by atoms with van der Waals surface area (Å²) < 4.78 is 14.7. The van der Waals surface area contributed by atoms with Gasteiger partial charge in [-0.05, 0) is 136 Å². The first-order valence-corrected chi connectivity index (χ1v) is 19.4. The van der Waals surface area contributed by atoms with Crippen LogP contribution in [0.2, 0.25) is 0 Å². The van der Waals surface area contributed by atoms with Crippen LogP contribution in [0.1, 0.15) is 17.7 Å². The lowest BCUT2D eigenvalue weighted by Gasteiger charge is -2.15. The lowest BCUT2D eigenvalue weighted by Crippen LogP contribution is -1.96. The maximum atomic E-state index is 6.24. The predicted octanol–water partition coefficient (Wildman–Crippen LogP) is 13.8. The Labute approximate surface area is 327 Å². The highest BCUT2D eigenvalue weighted by molar-refractivity contribution is 6.07. The van der Waals surface area contributed by atoms with Crippen LogP contribution in [0.5, 0.6) is 0 Å². The molecule has 1 aliphatic carbocycles. The maximum Gasteiger partial charge on any atom is 0.135 e. The average Bonchev–Trinajstić information content (AvgIpc) is 3.95. The lowest BCUT2D eigenvalue weighted by molar-refractivity contribution is 0.546. The van der Waals surface area contributed by atoms with E-state index in [4.69, 9.17) is 18.8 Å². The van der Waals surface area contributed by atoms with Gasteiger partial charge in [-0.3, -0.25) is 9.97 Å². The Kier molecular flexibility index (Phi) is 6.99. The highest BCUT2D eigenvalue weighted by atomic mass is 16.3. The second kappa shape index (κ2) is 12.5. The lowest BCUT2D eigenvalue weighted by atomic mass is 9.93. The molecule has 0 radical (unpaired) electrons. The zero-order valence-corrected chi connectivity index (χ0v) is 30.8. The van der Waals surface area contributed by atoms with E-state index in [0.29, 0.717) is 0 Å². The van der Waals surface area contributed by atoms with Crippen LogP contribution in [0.3, 0.4) is 0 Å². The summed E-state index contributed by atoms with van der Waals surface area (Å²) >= 11 is 0. The van der Waals surface area contributed by atoms with E-state index in [1.54, 1.807) is 0 Å². The Balaban J connectivity index is 1.03. The zero-order valence-electron chi connectivity index (χ0n) is 30.8. The molecule has 0 aliphatic heterocycles. The molecule has 0 unspecified atom stereocenters. The van der Waals surface area contributed by atoms with Gasteiger partial charge in [0, 0.05) is 46.2 Å². The van der Waals surface area contributed by atoms with Gasteiger partial charge in [0.1, 0.15) is 33.5 Å². The molecule has 5 heterocycles. The van der Waals surface area contributed by atoms with E-state index in [0.717, 1.165) is 118 Å². The van der Waals surface area contributed by atoms with Gasteiger partial charge >= 0.3 is 0 Å². The van der Waals surface area contributed by atoms with Crippen molar-refractivity contribution in [3.8, 4) is 50.2 Å². The first-order valence-electron chi connectivity index (χ1n) is 19.4. The molecule has 0 N–H and O–H groups in total. The van der Waals surface area contributed by atoms with Gasteiger partial charge in [0.25, 0.3) is 0 Å². The van der Waals surface area contributed by atoms with Crippen molar-refractivity contribution in [1.82, 2.24) is 14.5 Å². The number of hydrogen-bond acceptors (Lipinski definition) is 4. The molecule has 57 heavy (non-hydrogen) atoms.